The minimum atomic E-state index is 0.234. The Bertz CT molecular complexity index is 731. The Hall–Kier alpha value is -2.14. The summed E-state index contributed by atoms with van der Waals surface area (Å²) in [7, 11) is 3.41. The fraction of sp³-hybridized carbons (Fsp3) is 0.524. The minimum Gasteiger partial charge on any atom is -0.497 e. The van der Waals surface area contributed by atoms with Crippen LogP contribution in [0.25, 0.3) is 11.3 Å². The van der Waals surface area contributed by atoms with Crippen molar-refractivity contribution in [3.05, 3.63) is 35.2 Å². The highest BCUT2D eigenvalue weighted by Crippen LogP contribution is 2.30. The molecule has 0 amide bonds. The second kappa shape index (κ2) is 9.53. The molecule has 0 radical (unpaired) electrons. The maximum Gasteiger partial charge on any atom is 0.148 e. The standard InChI is InChI=1S/C21H31N3O2/c1-7-15(13-25-5)22-21-19(9-3)23-20(18(8-2)24-21)17-11-10-16(26-6)12-14(17)4/h10-12,15H,7-9,13H2,1-6H3,(H,22,24). The van der Waals surface area contributed by atoms with Crippen molar-refractivity contribution in [3.8, 4) is 17.0 Å². The first-order valence-electron chi connectivity index (χ1n) is 9.38. The number of anilines is 1. The summed E-state index contributed by atoms with van der Waals surface area (Å²) in [5.74, 6) is 1.74. The molecule has 1 aromatic carbocycles. The molecule has 2 aromatic rings. The summed E-state index contributed by atoms with van der Waals surface area (Å²) in [6.45, 7) is 9.12. The first-order valence-corrected chi connectivity index (χ1v) is 9.38. The highest BCUT2D eigenvalue weighted by molar-refractivity contribution is 5.68. The van der Waals surface area contributed by atoms with E-state index >= 15 is 0 Å². The van der Waals surface area contributed by atoms with Crippen LogP contribution >= 0.6 is 0 Å². The molecule has 5 heteroatoms. The van der Waals surface area contributed by atoms with E-state index in [0.717, 1.165) is 59.0 Å². The summed E-state index contributed by atoms with van der Waals surface area (Å²) in [5, 5.41) is 3.52. The van der Waals surface area contributed by atoms with Crippen molar-refractivity contribution in [2.45, 2.75) is 53.0 Å². The van der Waals surface area contributed by atoms with Crippen LogP contribution in [0.2, 0.25) is 0 Å². The number of hydrogen-bond acceptors (Lipinski definition) is 5. The van der Waals surface area contributed by atoms with Gasteiger partial charge >= 0.3 is 0 Å². The van der Waals surface area contributed by atoms with Gasteiger partial charge in [-0.1, -0.05) is 20.8 Å². The van der Waals surface area contributed by atoms with Crippen molar-refractivity contribution in [2.75, 3.05) is 26.1 Å². The molecule has 1 unspecified atom stereocenters. The molecule has 0 aliphatic carbocycles. The van der Waals surface area contributed by atoms with E-state index in [1.807, 2.05) is 12.1 Å². The Morgan fingerprint density at radius 3 is 2.31 bits per heavy atom. The van der Waals surface area contributed by atoms with Crippen molar-refractivity contribution in [2.24, 2.45) is 0 Å². The van der Waals surface area contributed by atoms with E-state index in [1.165, 1.54) is 0 Å². The number of aryl methyl sites for hydroxylation is 3. The van der Waals surface area contributed by atoms with E-state index in [0.29, 0.717) is 6.61 Å². The van der Waals surface area contributed by atoms with E-state index in [-0.39, 0.29) is 6.04 Å². The minimum absolute atomic E-state index is 0.234. The maximum absolute atomic E-state index is 5.33. The van der Waals surface area contributed by atoms with Gasteiger partial charge in [0.2, 0.25) is 0 Å². The molecule has 1 N–H and O–H groups in total. The second-order valence-electron chi connectivity index (χ2n) is 6.41. The van der Waals surface area contributed by atoms with Crippen LogP contribution in [0.4, 0.5) is 5.82 Å². The van der Waals surface area contributed by atoms with Crippen LogP contribution in [0.5, 0.6) is 5.75 Å². The Morgan fingerprint density at radius 1 is 1.04 bits per heavy atom. The van der Waals surface area contributed by atoms with Crippen molar-refractivity contribution in [1.29, 1.82) is 0 Å². The molecule has 2 rings (SSSR count). The maximum atomic E-state index is 5.33. The molecule has 0 spiro atoms. The van der Waals surface area contributed by atoms with Gasteiger partial charge in [-0.15, -0.1) is 0 Å². The monoisotopic (exact) mass is 357 g/mol. The SMILES string of the molecule is CCc1nc(-c2ccc(OC)cc2C)c(CC)nc1NC(CC)COC. The molecule has 0 saturated heterocycles. The Morgan fingerprint density at radius 2 is 1.77 bits per heavy atom. The van der Waals surface area contributed by atoms with Gasteiger partial charge in [0.15, 0.2) is 0 Å². The number of rotatable bonds is 9. The first-order chi connectivity index (χ1) is 12.6. The lowest BCUT2D eigenvalue weighted by Crippen LogP contribution is -2.26. The van der Waals surface area contributed by atoms with Crippen LogP contribution in [0, 0.1) is 6.92 Å². The average molecular weight is 357 g/mol. The van der Waals surface area contributed by atoms with Gasteiger partial charge < -0.3 is 14.8 Å². The summed E-state index contributed by atoms with van der Waals surface area (Å²) in [6, 6.07) is 6.33. The largest absolute Gasteiger partial charge is 0.497 e. The molecule has 1 atom stereocenters. The zero-order valence-electron chi connectivity index (χ0n) is 16.8. The molecule has 26 heavy (non-hydrogen) atoms. The lowest BCUT2D eigenvalue weighted by atomic mass is 10.0. The highest BCUT2D eigenvalue weighted by Gasteiger charge is 2.17. The molecular formula is C21H31N3O2. The van der Waals surface area contributed by atoms with Crippen molar-refractivity contribution >= 4 is 5.82 Å². The molecule has 0 aliphatic heterocycles. The van der Waals surface area contributed by atoms with Crippen molar-refractivity contribution in [1.82, 2.24) is 9.97 Å². The first kappa shape index (κ1) is 20.2. The number of nitrogens with zero attached hydrogens (tertiary/aromatic N) is 2. The van der Waals surface area contributed by atoms with Crippen LogP contribution < -0.4 is 10.1 Å². The Balaban J connectivity index is 2.48. The number of methoxy groups -OCH3 is 2. The molecule has 1 aromatic heterocycles. The van der Waals surface area contributed by atoms with Gasteiger partial charge in [0.1, 0.15) is 11.6 Å². The predicted molar refractivity (Wildman–Crippen MR) is 107 cm³/mol. The van der Waals surface area contributed by atoms with Crippen LogP contribution in [-0.2, 0) is 17.6 Å². The van der Waals surface area contributed by atoms with Gasteiger partial charge in [0.05, 0.1) is 36.8 Å². The number of aromatic nitrogens is 2. The smallest absolute Gasteiger partial charge is 0.148 e. The van der Waals surface area contributed by atoms with E-state index in [2.05, 4.69) is 39.1 Å². The van der Waals surface area contributed by atoms with Crippen LogP contribution in [-0.4, -0.2) is 36.8 Å². The highest BCUT2D eigenvalue weighted by atomic mass is 16.5. The van der Waals surface area contributed by atoms with Crippen LogP contribution in [0.15, 0.2) is 18.2 Å². The Kier molecular flexibility index (Phi) is 7.39. The number of nitrogens with one attached hydrogen (secondary N) is 1. The average Bonchev–Trinajstić information content (AvgIpc) is 2.67. The van der Waals surface area contributed by atoms with Gasteiger partial charge in [-0.3, -0.25) is 0 Å². The molecular weight excluding hydrogens is 326 g/mol. The van der Waals surface area contributed by atoms with Gasteiger partial charge in [-0.05, 0) is 49.9 Å². The van der Waals surface area contributed by atoms with Gasteiger partial charge in [0.25, 0.3) is 0 Å². The lowest BCUT2D eigenvalue weighted by molar-refractivity contribution is 0.184. The van der Waals surface area contributed by atoms with Crippen molar-refractivity contribution < 1.29 is 9.47 Å². The topological polar surface area (TPSA) is 56.3 Å². The summed E-state index contributed by atoms with van der Waals surface area (Å²) in [5.41, 5.74) is 5.21. The number of hydrogen-bond donors (Lipinski definition) is 1. The summed E-state index contributed by atoms with van der Waals surface area (Å²) in [6.07, 6.45) is 2.62. The molecule has 1 heterocycles. The third-order valence-corrected chi connectivity index (χ3v) is 4.60. The van der Waals surface area contributed by atoms with E-state index < -0.39 is 0 Å². The molecule has 0 aliphatic rings. The zero-order valence-corrected chi connectivity index (χ0v) is 16.8. The van der Waals surface area contributed by atoms with Gasteiger partial charge in [-0.2, -0.15) is 0 Å². The van der Waals surface area contributed by atoms with E-state index in [9.17, 15) is 0 Å². The normalized spacial score (nSPS) is 12.1. The summed E-state index contributed by atoms with van der Waals surface area (Å²) < 4.78 is 10.6. The summed E-state index contributed by atoms with van der Waals surface area (Å²) >= 11 is 0. The third kappa shape index (κ3) is 4.52. The van der Waals surface area contributed by atoms with Gasteiger partial charge in [0, 0.05) is 12.7 Å². The molecule has 5 nitrogen and oxygen atoms in total. The molecule has 0 fully saturated rings. The van der Waals surface area contributed by atoms with E-state index in [4.69, 9.17) is 19.4 Å². The molecule has 0 bridgehead atoms. The second-order valence-corrected chi connectivity index (χ2v) is 6.41. The van der Waals surface area contributed by atoms with Crippen LogP contribution in [0.1, 0.15) is 44.1 Å². The lowest BCUT2D eigenvalue weighted by Gasteiger charge is -2.20. The van der Waals surface area contributed by atoms with Crippen LogP contribution in [0.3, 0.4) is 0 Å². The van der Waals surface area contributed by atoms with E-state index in [1.54, 1.807) is 14.2 Å². The number of benzene rings is 1. The third-order valence-electron chi connectivity index (χ3n) is 4.60. The van der Waals surface area contributed by atoms with Crippen molar-refractivity contribution in [3.63, 3.8) is 0 Å². The zero-order chi connectivity index (χ0) is 19.1. The Labute approximate surface area is 157 Å². The fourth-order valence-electron chi connectivity index (χ4n) is 3.01. The fourth-order valence-corrected chi connectivity index (χ4v) is 3.01. The quantitative estimate of drug-likeness (QED) is 0.720. The molecule has 0 saturated carbocycles. The summed E-state index contributed by atoms with van der Waals surface area (Å²) in [4.78, 5) is 9.92. The predicted octanol–water partition coefficient (Wildman–Crippen LogP) is 4.42. The molecule has 142 valence electrons. The number of ether oxygens (including phenoxy) is 2. The van der Waals surface area contributed by atoms with Gasteiger partial charge in [-0.25, -0.2) is 9.97 Å².